The minimum atomic E-state index is -0.371. The molecule has 0 saturated carbocycles. The summed E-state index contributed by atoms with van der Waals surface area (Å²) in [4.78, 5) is 32.8. The average Bonchev–Trinajstić information content (AvgIpc) is 3.75. The van der Waals surface area contributed by atoms with Crippen molar-refractivity contribution >= 4 is 17.8 Å². The maximum Gasteiger partial charge on any atom is 0.290 e. The van der Waals surface area contributed by atoms with Gasteiger partial charge in [0, 0.05) is 30.6 Å². The van der Waals surface area contributed by atoms with Crippen LogP contribution in [-0.2, 0) is 9.53 Å². The molecule has 5 rings (SSSR count). The van der Waals surface area contributed by atoms with Crippen molar-refractivity contribution in [1.29, 1.82) is 0 Å². The molecule has 4 aromatic rings. The van der Waals surface area contributed by atoms with Crippen LogP contribution in [0.25, 0.3) is 16.9 Å². The summed E-state index contributed by atoms with van der Waals surface area (Å²) >= 11 is 0. The van der Waals surface area contributed by atoms with Gasteiger partial charge in [-0.3, -0.25) is 19.5 Å². The lowest BCUT2D eigenvalue weighted by Gasteiger charge is -2.24. The van der Waals surface area contributed by atoms with E-state index in [0.29, 0.717) is 30.7 Å². The fraction of sp³-hybridized carbons (Fsp3) is 0.323. The quantitative estimate of drug-likeness (QED) is 0.283. The van der Waals surface area contributed by atoms with E-state index < -0.39 is 0 Å². The van der Waals surface area contributed by atoms with Crippen LogP contribution in [0, 0.1) is 0 Å². The summed E-state index contributed by atoms with van der Waals surface area (Å²) in [6, 6.07) is 19.0. The lowest BCUT2D eigenvalue weighted by atomic mass is 10.0. The SMILES string of the molecule is COc1ccc(-c2cn(-c3ccc(C(C)C)cc3)c(NC(=O)CN(CC3CCCO3)C(=O)c3ccco3)n2)cc1. The number of methoxy groups -OCH3 is 1. The minimum Gasteiger partial charge on any atom is -0.497 e. The van der Waals surface area contributed by atoms with Gasteiger partial charge in [0.2, 0.25) is 11.9 Å². The Morgan fingerprint density at radius 2 is 1.90 bits per heavy atom. The molecule has 1 aliphatic heterocycles. The van der Waals surface area contributed by atoms with E-state index in [-0.39, 0.29) is 30.2 Å². The number of imidazole rings is 1. The molecule has 2 aromatic heterocycles. The van der Waals surface area contributed by atoms with E-state index in [1.165, 1.54) is 16.7 Å². The van der Waals surface area contributed by atoms with Gasteiger partial charge in [0.1, 0.15) is 12.3 Å². The molecule has 1 N–H and O–H groups in total. The highest BCUT2D eigenvalue weighted by Crippen LogP contribution is 2.27. The van der Waals surface area contributed by atoms with E-state index in [9.17, 15) is 9.59 Å². The molecule has 1 fully saturated rings. The van der Waals surface area contributed by atoms with E-state index in [1.54, 1.807) is 19.2 Å². The van der Waals surface area contributed by atoms with Crippen LogP contribution >= 0.6 is 0 Å². The fourth-order valence-electron chi connectivity index (χ4n) is 4.73. The molecule has 1 aliphatic rings. The third kappa shape index (κ3) is 6.26. The second-order valence-corrected chi connectivity index (χ2v) is 10.1. The third-order valence-electron chi connectivity index (χ3n) is 6.98. The van der Waals surface area contributed by atoms with E-state index in [0.717, 1.165) is 29.8 Å². The van der Waals surface area contributed by atoms with Gasteiger partial charge in [0.25, 0.3) is 5.91 Å². The molecule has 0 spiro atoms. The number of nitrogens with one attached hydrogen (secondary N) is 1. The van der Waals surface area contributed by atoms with Crippen molar-refractivity contribution in [3.8, 4) is 22.7 Å². The van der Waals surface area contributed by atoms with Gasteiger partial charge in [-0.15, -0.1) is 0 Å². The molecule has 2 aromatic carbocycles. The molecular weight excluding hydrogens is 508 g/mol. The Kier molecular flexibility index (Phi) is 8.31. The van der Waals surface area contributed by atoms with Crippen molar-refractivity contribution in [1.82, 2.24) is 14.5 Å². The van der Waals surface area contributed by atoms with Crippen LogP contribution in [0.3, 0.4) is 0 Å². The second-order valence-electron chi connectivity index (χ2n) is 10.1. The van der Waals surface area contributed by atoms with Crippen LogP contribution in [0.4, 0.5) is 5.95 Å². The summed E-state index contributed by atoms with van der Waals surface area (Å²) in [5.74, 6) is 0.947. The fourth-order valence-corrected chi connectivity index (χ4v) is 4.73. The van der Waals surface area contributed by atoms with Gasteiger partial charge in [-0.05, 0) is 72.9 Å². The lowest BCUT2D eigenvalue weighted by molar-refractivity contribution is -0.117. The van der Waals surface area contributed by atoms with Gasteiger partial charge in [-0.2, -0.15) is 0 Å². The van der Waals surface area contributed by atoms with Gasteiger partial charge in [0.05, 0.1) is 25.2 Å². The first-order chi connectivity index (χ1) is 19.4. The standard InChI is InChI=1S/C31H34N4O5/c1-21(2)22-8-12-24(13-9-22)35-19-27(23-10-14-25(38-3)15-11-23)32-31(35)33-29(36)20-34(18-26-6-4-16-39-26)30(37)28-7-5-17-40-28/h5,7-15,17,19,21,26H,4,6,16,18,20H2,1-3H3,(H,32,33,36). The number of carbonyl (C=O) groups is 2. The highest BCUT2D eigenvalue weighted by molar-refractivity contribution is 5.97. The highest BCUT2D eigenvalue weighted by atomic mass is 16.5. The Bertz CT molecular complexity index is 1420. The molecule has 1 saturated heterocycles. The first-order valence-electron chi connectivity index (χ1n) is 13.5. The van der Waals surface area contributed by atoms with Crippen molar-refractivity contribution in [3.63, 3.8) is 0 Å². The minimum absolute atomic E-state index is 0.116. The zero-order valence-electron chi connectivity index (χ0n) is 23.0. The van der Waals surface area contributed by atoms with Gasteiger partial charge < -0.3 is 18.8 Å². The number of benzene rings is 2. The number of amides is 2. The number of hydrogen-bond acceptors (Lipinski definition) is 6. The second kappa shape index (κ2) is 12.2. The molecule has 0 radical (unpaired) electrons. The predicted octanol–water partition coefficient (Wildman–Crippen LogP) is 5.52. The van der Waals surface area contributed by atoms with Gasteiger partial charge in [0.15, 0.2) is 5.76 Å². The summed E-state index contributed by atoms with van der Waals surface area (Å²) in [5.41, 5.74) is 3.64. The van der Waals surface area contributed by atoms with Crippen LogP contribution in [0.5, 0.6) is 5.75 Å². The zero-order valence-corrected chi connectivity index (χ0v) is 23.0. The highest BCUT2D eigenvalue weighted by Gasteiger charge is 2.27. The van der Waals surface area contributed by atoms with Crippen molar-refractivity contribution in [2.24, 2.45) is 0 Å². The molecule has 40 heavy (non-hydrogen) atoms. The van der Waals surface area contributed by atoms with Gasteiger partial charge in [-0.25, -0.2) is 4.98 Å². The Labute approximate surface area is 233 Å². The van der Waals surface area contributed by atoms with E-state index in [2.05, 4.69) is 31.3 Å². The van der Waals surface area contributed by atoms with E-state index in [4.69, 9.17) is 18.9 Å². The molecule has 1 unspecified atom stereocenters. The zero-order chi connectivity index (χ0) is 28.1. The van der Waals surface area contributed by atoms with Crippen LogP contribution < -0.4 is 10.1 Å². The molecule has 0 aliphatic carbocycles. The topological polar surface area (TPSA) is 98.8 Å². The first kappa shape index (κ1) is 27.2. The maximum absolute atomic E-state index is 13.4. The number of aromatic nitrogens is 2. The van der Waals surface area contributed by atoms with Crippen LogP contribution in [-0.4, -0.2) is 59.2 Å². The normalized spacial score (nSPS) is 14.8. The molecule has 2 amide bonds. The van der Waals surface area contributed by atoms with Crippen LogP contribution in [0.2, 0.25) is 0 Å². The van der Waals surface area contributed by atoms with Gasteiger partial charge in [-0.1, -0.05) is 26.0 Å². The third-order valence-corrected chi connectivity index (χ3v) is 6.98. The monoisotopic (exact) mass is 542 g/mol. The molecular formula is C31H34N4O5. The lowest BCUT2D eigenvalue weighted by Crippen LogP contribution is -2.42. The first-order valence-corrected chi connectivity index (χ1v) is 13.5. The van der Waals surface area contributed by atoms with Crippen molar-refractivity contribution in [2.45, 2.75) is 38.7 Å². The number of rotatable bonds is 10. The number of ether oxygens (including phenoxy) is 2. The summed E-state index contributed by atoms with van der Waals surface area (Å²) in [5, 5.41) is 2.94. The van der Waals surface area contributed by atoms with Crippen molar-refractivity contribution < 1.29 is 23.5 Å². The number of nitrogens with zero attached hydrogens (tertiary/aromatic N) is 3. The number of hydrogen-bond donors (Lipinski definition) is 1. The average molecular weight is 543 g/mol. The van der Waals surface area contributed by atoms with Gasteiger partial charge >= 0.3 is 0 Å². The summed E-state index contributed by atoms with van der Waals surface area (Å²) in [6.07, 6.45) is 4.99. The predicted molar refractivity (Wildman–Crippen MR) is 152 cm³/mol. The maximum atomic E-state index is 13.4. The Balaban J connectivity index is 1.42. The molecule has 208 valence electrons. The molecule has 3 heterocycles. The molecule has 0 bridgehead atoms. The molecule has 9 nitrogen and oxygen atoms in total. The molecule has 9 heteroatoms. The van der Waals surface area contributed by atoms with Crippen LogP contribution in [0.1, 0.15) is 48.7 Å². The summed E-state index contributed by atoms with van der Waals surface area (Å²) in [7, 11) is 1.62. The largest absolute Gasteiger partial charge is 0.497 e. The van der Waals surface area contributed by atoms with Crippen molar-refractivity contribution in [3.05, 3.63) is 84.4 Å². The number of furan rings is 1. The number of anilines is 1. The number of carbonyl (C=O) groups excluding carboxylic acids is 2. The van der Waals surface area contributed by atoms with E-state index >= 15 is 0 Å². The van der Waals surface area contributed by atoms with E-state index in [1.807, 2.05) is 47.2 Å². The summed E-state index contributed by atoms with van der Waals surface area (Å²) in [6.45, 7) is 5.07. The Morgan fingerprint density at radius 1 is 1.12 bits per heavy atom. The van der Waals surface area contributed by atoms with Crippen molar-refractivity contribution in [2.75, 3.05) is 32.1 Å². The molecule has 1 atom stereocenters. The van der Waals surface area contributed by atoms with Crippen LogP contribution in [0.15, 0.2) is 77.5 Å². The smallest absolute Gasteiger partial charge is 0.290 e. The summed E-state index contributed by atoms with van der Waals surface area (Å²) < 4.78 is 18.2. The Morgan fingerprint density at radius 3 is 2.52 bits per heavy atom. The Hall–Kier alpha value is -4.37.